The van der Waals surface area contributed by atoms with E-state index in [9.17, 15) is 9.59 Å². The van der Waals surface area contributed by atoms with Gasteiger partial charge in [0.1, 0.15) is 17.6 Å². The molecule has 0 saturated carbocycles. The highest BCUT2D eigenvalue weighted by Crippen LogP contribution is 2.34. The molecule has 0 aliphatic carbocycles. The molecule has 2 aliphatic rings. The Balaban J connectivity index is 1.48. The third kappa shape index (κ3) is 5.35. The first kappa shape index (κ1) is 24.0. The second kappa shape index (κ2) is 9.63. The van der Waals surface area contributed by atoms with Gasteiger partial charge in [0.2, 0.25) is 0 Å². The van der Waals surface area contributed by atoms with E-state index in [1.54, 1.807) is 0 Å². The van der Waals surface area contributed by atoms with E-state index in [0.29, 0.717) is 23.1 Å². The van der Waals surface area contributed by atoms with Crippen molar-refractivity contribution in [1.29, 1.82) is 0 Å². The molecule has 0 radical (unpaired) electrons. The molecule has 2 aromatic carbocycles. The van der Waals surface area contributed by atoms with Crippen LogP contribution in [-0.4, -0.2) is 38.1 Å². The lowest BCUT2D eigenvalue weighted by Crippen LogP contribution is -2.41. The average molecular weight is 491 g/mol. The Kier molecular flexibility index (Phi) is 7.01. The van der Waals surface area contributed by atoms with Gasteiger partial charge in [-0.3, -0.25) is 9.59 Å². The number of rotatable bonds is 4. The molecule has 2 aliphatic heterocycles. The number of nitrogens with one attached hydrogen (secondary N) is 2. The average Bonchev–Trinajstić information content (AvgIpc) is 3.00. The van der Waals surface area contributed by atoms with Gasteiger partial charge in [-0.05, 0) is 75.2 Å². The van der Waals surface area contributed by atoms with Gasteiger partial charge in [-0.2, -0.15) is 0 Å². The van der Waals surface area contributed by atoms with Crippen LogP contribution in [0, 0.1) is 0 Å². The van der Waals surface area contributed by atoms with Gasteiger partial charge >= 0.3 is 11.9 Å². The second-order valence-electron chi connectivity index (χ2n) is 9.04. The van der Waals surface area contributed by atoms with Crippen molar-refractivity contribution in [1.82, 2.24) is 10.6 Å². The van der Waals surface area contributed by atoms with Gasteiger partial charge in [-0.1, -0.05) is 35.3 Å². The van der Waals surface area contributed by atoms with Crippen molar-refractivity contribution < 1.29 is 19.1 Å². The number of ether oxygens (including phenoxy) is 2. The van der Waals surface area contributed by atoms with Crippen molar-refractivity contribution in [2.24, 2.45) is 0 Å². The van der Waals surface area contributed by atoms with Crippen LogP contribution in [0.5, 0.6) is 0 Å². The number of fused-ring (bicyclic) bond motifs is 2. The van der Waals surface area contributed by atoms with Crippen molar-refractivity contribution >= 4 is 35.1 Å². The Hall–Kier alpha value is -2.12. The van der Waals surface area contributed by atoms with Crippen LogP contribution in [0.1, 0.15) is 42.5 Å². The quantitative estimate of drug-likeness (QED) is 0.500. The Bertz CT molecular complexity index is 993. The van der Waals surface area contributed by atoms with Gasteiger partial charge in [-0.25, -0.2) is 0 Å². The molecule has 0 bridgehead atoms. The SMILES string of the molecule is C[C@]1(OC(=O)CC(=O)O[C@@]2(C)CNCCc3ccc(Cl)cc32)CNCCc2ccc(Cl)cc21. The monoisotopic (exact) mass is 490 g/mol. The number of hydrogen-bond acceptors (Lipinski definition) is 6. The first-order valence-corrected chi connectivity index (χ1v) is 11.9. The maximum atomic E-state index is 12.8. The van der Waals surface area contributed by atoms with E-state index < -0.39 is 29.6 Å². The van der Waals surface area contributed by atoms with E-state index in [0.717, 1.165) is 48.2 Å². The summed E-state index contributed by atoms with van der Waals surface area (Å²) >= 11 is 12.4. The molecular weight excluding hydrogens is 463 g/mol. The van der Waals surface area contributed by atoms with E-state index in [1.807, 2.05) is 50.2 Å². The smallest absolute Gasteiger partial charge is 0.318 e. The van der Waals surface area contributed by atoms with Crippen LogP contribution in [0.4, 0.5) is 0 Å². The summed E-state index contributed by atoms with van der Waals surface area (Å²) in [6.45, 7) is 6.04. The maximum absolute atomic E-state index is 12.8. The molecule has 8 heteroatoms. The Morgan fingerprint density at radius 3 is 1.67 bits per heavy atom. The molecule has 4 rings (SSSR count). The van der Waals surface area contributed by atoms with E-state index >= 15 is 0 Å². The molecule has 0 aromatic heterocycles. The zero-order chi connectivity index (χ0) is 23.6. The fourth-order valence-electron chi connectivity index (χ4n) is 4.68. The zero-order valence-corrected chi connectivity index (χ0v) is 20.3. The number of carbonyl (C=O) groups is 2. The fraction of sp³-hybridized carbons (Fsp3) is 0.440. The highest BCUT2D eigenvalue weighted by Gasteiger charge is 2.38. The van der Waals surface area contributed by atoms with Crippen LogP contribution < -0.4 is 10.6 Å². The zero-order valence-electron chi connectivity index (χ0n) is 18.8. The molecular formula is C25H28Cl2N2O4. The van der Waals surface area contributed by atoms with Gasteiger partial charge in [0, 0.05) is 34.3 Å². The van der Waals surface area contributed by atoms with Crippen molar-refractivity contribution in [3.63, 3.8) is 0 Å². The summed E-state index contributed by atoms with van der Waals surface area (Å²) < 4.78 is 11.7. The number of hydrogen-bond donors (Lipinski definition) is 2. The van der Waals surface area contributed by atoms with Crippen molar-refractivity contribution in [3.05, 3.63) is 68.7 Å². The topological polar surface area (TPSA) is 76.7 Å². The van der Waals surface area contributed by atoms with Crippen molar-refractivity contribution in [2.75, 3.05) is 26.2 Å². The summed E-state index contributed by atoms with van der Waals surface area (Å²) in [5, 5.41) is 7.75. The number of halogens is 2. The molecule has 2 heterocycles. The van der Waals surface area contributed by atoms with Gasteiger partial charge in [-0.15, -0.1) is 0 Å². The molecule has 0 spiro atoms. The minimum Gasteiger partial charge on any atom is -0.453 e. The summed E-state index contributed by atoms with van der Waals surface area (Å²) in [6.07, 6.45) is 1.11. The molecule has 6 nitrogen and oxygen atoms in total. The molecule has 2 aromatic rings. The van der Waals surface area contributed by atoms with Crippen LogP contribution in [0.25, 0.3) is 0 Å². The number of carbonyl (C=O) groups excluding carboxylic acids is 2. The van der Waals surface area contributed by atoms with E-state index in [1.165, 1.54) is 0 Å². The molecule has 33 heavy (non-hydrogen) atoms. The minimum absolute atomic E-state index is 0.425. The van der Waals surface area contributed by atoms with Gasteiger partial charge in [0.15, 0.2) is 0 Å². The maximum Gasteiger partial charge on any atom is 0.318 e. The molecule has 176 valence electrons. The molecule has 2 N–H and O–H groups in total. The van der Waals surface area contributed by atoms with E-state index in [-0.39, 0.29) is 0 Å². The second-order valence-corrected chi connectivity index (χ2v) is 9.92. The number of benzene rings is 2. The molecule has 0 fully saturated rings. The lowest BCUT2D eigenvalue weighted by Gasteiger charge is -2.32. The summed E-state index contributed by atoms with van der Waals surface area (Å²) in [5.74, 6) is -1.29. The standard InChI is InChI=1S/C25H28Cl2N2O4/c1-24(14-28-9-7-16-3-5-18(26)11-20(16)24)32-22(30)13-23(31)33-25(2)15-29-10-8-17-4-6-19(27)12-21(17)25/h3-6,11-12,28-29H,7-10,13-15H2,1-2H3/t24-,25-/m0/s1. The summed E-state index contributed by atoms with van der Waals surface area (Å²) in [6, 6.07) is 11.2. The largest absolute Gasteiger partial charge is 0.453 e. The molecule has 0 unspecified atom stereocenters. The van der Waals surface area contributed by atoms with Crippen LogP contribution in [0.3, 0.4) is 0 Å². The highest BCUT2D eigenvalue weighted by atomic mass is 35.5. The molecule has 0 amide bonds. The highest BCUT2D eigenvalue weighted by molar-refractivity contribution is 6.31. The predicted molar refractivity (Wildman–Crippen MR) is 128 cm³/mol. The Labute approximate surface area is 203 Å². The van der Waals surface area contributed by atoms with E-state index in [2.05, 4.69) is 10.6 Å². The lowest BCUT2D eigenvalue weighted by atomic mass is 9.91. The summed E-state index contributed by atoms with van der Waals surface area (Å²) in [4.78, 5) is 25.7. The van der Waals surface area contributed by atoms with Crippen LogP contribution in [0.15, 0.2) is 36.4 Å². The predicted octanol–water partition coefficient (Wildman–Crippen LogP) is 3.89. The van der Waals surface area contributed by atoms with E-state index in [4.69, 9.17) is 32.7 Å². The minimum atomic E-state index is -0.942. The van der Waals surface area contributed by atoms with Gasteiger partial charge in [0.25, 0.3) is 0 Å². The van der Waals surface area contributed by atoms with Crippen molar-refractivity contribution in [2.45, 2.75) is 44.3 Å². The Morgan fingerprint density at radius 1 is 0.818 bits per heavy atom. The third-order valence-electron chi connectivity index (χ3n) is 6.32. The first-order valence-electron chi connectivity index (χ1n) is 11.1. The Morgan fingerprint density at radius 2 is 1.24 bits per heavy atom. The lowest BCUT2D eigenvalue weighted by molar-refractivity contribution is -0.170. The van der Waals surface area contributed by atoms with Crippen LogP contribution in [0.2, 0.25) is 10.0 Å². The molecule has 2 atom stereocenters. The summed E-state index contributed by atoms with van der Waals surface area (Å²) in [5.41, 5.74) is 1.94. The van der Waals surface area contributed by atoms with Crippen LogP contribution in [-0.2, 0) is 43.1 Å². The van der Waals surface area contributed by atoms with Crippen molar-refractivity contribution in [3.8, 4) is 0 Å². The number of esters is 2. The van der Waals surface area contributed by atoms with Gasteiger partial charge in [0.05, 0.1) is 0 Å². The van der Waals surface area contributed by atoms with Gasteiger partial charge < -0.3 is 20.1 Å². The third-order valence-corrected chi connectivity index (χ3v) is 6.79. The summed E-state index contributed by atoms with van der Waals surface area (Å²) in [7, 11) is 0. The first-order chi connectivity index (χ1) is 15.7. The fourth-order valence-corrected chi connectivity index (χ4v) is 5.03. The molecule has 0 saturated heterocycles. The normalized spacial score (nSPS) is 24.6. The van der Waals surface area contributed by atoms with Crippen LogP contribution >= 0.6 is 23.2 Å².